The van der Waals surface area contributed by atoms with E-state index in [0.29, 0.717) is 18.2 Å². The Balaban J connectivity index is 0.000000174. The number of hydrogen-bond donors (Lipinski definition) is 6. The predicted molar refractivity (Wildman–Crippen MR) is 161 cm³/mol. The first-order chi connectivity index (χ1) is 21.1. The molecular weight excluding hydrogens is 553 g/mol. The van der Waals surface area contributed by atoms with Crippen LogP contribution in [0.4, 0.5) is 21.7 Å². The quantitative estimate of drug-likeness (QED) is 0.165. The fraction of sp³-hybridized carbons (Fsp3) is 0.393. The average Bonchev–Trinajstić information content (AvgIpc) is 3.73. The van der Waals surface area contributed by atoms with Gasteiger partial charge >= 0.3 is 0 Å². The highest BCUT2D eigenvalue weighted by Crippen LogP contribution is 2.21. The normalized spacial score (nSPS) is 18.6. The van der Waals surface area contributed by atoms with Crippen LogP contribution in [-0.4, -0.2) is 95.9 Å². The number of likely N-dealkylation sites (tertiary alicyclic amines) is 1. The van der Waals surface area contributed by atoms with Gasteiger partial charge in [0.1, 0.15) is 30.1 Å². The first kappa shape index (κ1) is 28.2. The van der Waals surface area contributed by atoms with E-state index >= 15 is 0 Å². The summed E-state index contributed by atoms with van der Waals surface area (Å²) in [5.74, 6) is 1.31. The lowest BCUT2D eigenvalue weighted by Crippen LogP contribution is -2.47. The van der Waals surface area contributed by atoms with Crippen LogP contribution in [0.5, 0.6) is 0 Å². The number of anilines is 3. The number of benzene rings is 1. The molecule has 2 fully saturated rings. The number of fused-ring (bicyclic) bond motifs is 2. The molecule has 2 atom stereocenters. The molecule has 15 heteroatoms. The molecule has 7 rings (SSSR count). The van der Waals surface area contributed by atoms with E-state index in [1.165, 1.54) is 31.3 Å². The summed E-state index contributed by atoms with van der Waals surface area (Å²) in [4.78, 5) is 31.2. The highest BCUT2D eigenvalue weighted by Gasteiger charge is 2.24. The Morgan fingerprint density at radius 2 is 1.53 bits per heavy atom. The van der Waals surface area contributed by atoms with Gasteiger partial charge in [0, 0.05) is 37.4 Å². The summed E-state index contributed by atoms with van der Waals surface area (Å²) in [5.41, 5.74) is 2.18. The summed E-state index contributed by atoms with van der Waals surface area (Å²) in [7, 11) is 0. The van der Waals surface area contributed by atoms with Crippen LogP contribution in [0.2, 0.25) is 0 Å². The van der Waals surface area contributed by atoms with Crippen molar-refractivity contribution in [3.05, 3.63) is 55.1 Å². The molecule has 0 radical (unpaired) electrons. The molecule has 0 saturated carbocycles. The highest BCUT2D eigenvalue weighted by molar-refractivity contribution is 5.86. The van der Waals surface area contributed by atoms with Crippen molar-refractivity contribution in [2.45, 2.75) is 37.8 Å². The number of nitrogens with one attached hydrogen (secondary N) is 6. The van der Waals surface area contributed by atoms with E-state index in [-0.39, 0.29) is 24.3 Å². The van der Waals surface area contributed by atoms with E-state index in [9.17, 15) is 9.18 Å². The Hall–Kier alpha value is -4.92. The lowest BCUT2D eigenvalue weighted by Gasteiger charge is -2.33. The maximum Gasteiger partial charge on any atom is 0.241 e. The summed E-state index contributed by atoms with van der Waals surface area (Å²) >= 11 is 0. The van der Waals surface area contributed by atoms with Gasteiger partial charge in [-0.25, -0.2) is 24.3 Å². The van der Waals surface area contributed by atoms with E-state index in [2.05, 4.69) is 61.6 Å². The van der Waals surface area contributed by atoms with Gasteiger partial charge < -0.3 is 26.2 Å². The van der Waals surface area contributed by atoms with Crippen LogP contribution in [0.25, 0.3) is 22.1 Å². The molecule has 2 aliphatic rings. The zero-order chi connectivity index (χ0) is 29.4. The molecule has 2 aliphatic heterocycles. The molecule has 224 valence electrons. The number of aromatic amines is 2. The van der Waals surface area contributed by atoms with Gasteiger partial charge in [0.2, 0.25) is 5.91 Å². The molecule has 43 heavy (non-hydrogen) atoms. The largest absolute Gasteiger partial charge is 0.376 e. The summed E-state index contributed by atoms with van der Waals surface area (Å²) < 4.78 is 13.0. The third kappa shape index (κ3) is 7.12. The van der Waals surface area contributed by atoms with E-state index < -0.39 is 0 Å². The number of hydrogen-bond acceptors (Lipinski definition) is 11. The van der Waals surface area contributed by atoms with E-state index in [0.717, 1.165) is 66.2 Å². The fourth-order valence-corrected chi connectivity index (χ4v) is 5.30. The molecule has 0 aliphatic carbocycles. The highest BCUT2D eigenvalue weighted by atomic mass is 19.1. The molecule has 1 aromatic carbocycles. The Kier molecular flexibility index (Phi) is 8.77. The van der Waals surface area contributed by atoms with E-state index in [4.69, 9.17) is 0 Å². The lowest BCUT2D eigenvalue weighted by molar-refractivity contribution is -0.130. The maximum atomic E-state index is 13.0. The van der Waals surface area contributed by atoms with Crippen molar-refractivity contribution in [1.82, 2.24) is 50.5 Å². The molecule has 6 N–H and O–H groups in total. The Morgan fingerprint density at radius 1 is 0.884 bits per heavy atom. The van der Waals surface area contributed by atoms with Gasteiger partial charge in [0.05, 0.1) is 29.7 Å². The second kappa shape index (κ2) is 13.4. The first-order valence-electron chi connectivity index (χ1n) is 14.4. The molecule has 5 aromatic rings. The summed E-state index contributed by atoms with van der Waals surface area (Å²) in [6, 6.07) is 6.53. The number of rotatable bonds is 7. The second-order valence-electron chi connectivity index (χ2n) is 10.6. The van der Waals surface area contributed by atoms with E-state index in [1.807, 2.05) is 4.90 Å². The van der Waals surface area contributed by atoms with Crippen LogP contribution in [0.3, 0.4) is 0 Å². The molecule has 6 heterocycles. The van der Waals surface area contributed by atoms with Crippen molar-refractivity contribution in [2.24, 2.45) is 0 Å². The SMILES string of the molecule is O=C(CNc1ccc(F)cc1)N1CCC[C@H](Nc2ncnc3[nH]ncc23)C1.c1nc(N[C@H]2CCCNC2)c2cn[nH]c2n1. The van der Waals surface area contributed by atoms with Crippen LogP contribution >= 0.6 is 0 Å². The van der Waals surface area contributed by atoms with Gasteiger partial charge in [-0.2, -0.15) is 10.2 Å². The van der Waals surface area contributed by atoms with Crippen molar-refractivity contribution in [3.63, 3.8) is 0 Å². The van der Waals surface area contributed by atoms with Crippen LogP contribution in [-0.2, 0) is 4.79 Å². The minimum absolute atomic E-state index is 0.0157. The van der Waals surface area contributed by atoms with Crippen LogP contribution < -0.4 is 21.3 Å². The minimum Gasteiger partial charge on any atom is -0.376 e. The Bertz CT molecular complexity index is 1630. The molecule has 4 aromatic heterocycles. The van der Waals surface area contributed by atoms with Crippen molar-refractivity contribution in [3.8, 4) is 0 Å². The van der Waals surface area contributed by atoms with Gasteiger partial charge in [-0.1, -0.05) is 0 Å². The molecule has 1 amide bonds. The number of piperidine rings is 2. The molecule has 0 unspecified atom stereocenters. The lowest BCUT2D eigenvalue weighted by atomic mass is 10.1. The third-order valence-corrected chi connectivity index (χ3v) is 7.54. The molecule has 2 saturated heterocycles. The average molecular weight is 588 g/mol. The molecule has 0 spiro atoms. The van der Waals surface area contributed by atoms with Gasteiger partial charge in [-0.3, -0.25) is 15.0 Å². The number of H-pyrrole nitrogens is 2. The molecule has 0 bridgehead atoms. The first-order valence-corrected chi connectivity index (χ1v) is 14.4. The Morgan fingerprint density at radius 3 is 2.19 bits per heavy atom. The predicted octanol–water partition coefficient (Wildman–Crippen LogP) is 2.52. The van der Waals surface area contributed by atoms with Crippen LogP contribution in [0, 0.1) is 5.82 Å². The molecule has 14 nitrogen and oxygen atoms in total. The van der Waals surface area contributed by atoms with Gasteiger partial charge in [-0.05, 0) is 56.5 Å². The second-order valence-corrected chi connectivity index (χ2v) is 10.6. The number of aromatic nitrogens is 8. The monoisotopic (exact) mass is 587 g/mol. The third-order valence-electron chi connectivity index (χ3n) is 7.54. The van der Waals surface area contributed by atoms with Crippen molar-refractivity contribution in [2.75, 3.05) is 48.7 Å². The maximum absolute atomic E-state index is 13.0. The number of nitrogens with zero attached hydrogens (tertiary/aromatic N) is 7. The van der Waals surface area contributed by atoms with Crippen LogP contribution in [0.1, 0.15) is 25.7 Å². The smallest absolute Gasteiger partial charge is 0.241 e. The van der Waals surface area contributed by atoms with Crippen molar-refractivity contribution < 1.29 is 9.18 Å². The van der Waals surface area contributed by atoms with Gasteiger partial charge in [0.25, 0.3) is 0 Å². The Labute approximate surface area is 246 Å². The van der Waals surface area contributed by atoms with Crippen molar-refractivity contribution >= 4 is 45.3 Å². The van der Waals surface area contributed by atoms with E-state index in [1.54, 1.807) is 30.9 Å². The number of amides is 1. The van der Waals surface area contributed by atoms with Crippen LogP contribution in [0.15, 0.2) is 49.3 Å². The fourth-order valence-electron chi connectivity index (χ4n) is 5.30. The standard InChI is InChI=1S/C18H20FN7O.C10H14N6/c19-12-3-5-13(6-4-12)20-9-16(27)26-7-1-2-14(10-26)24-17-15-8-23-25-18(15)22-11-21-17;1-2-7(4-11-3-1)15-9-8-5-14-16-10(8)13-6-12-9/h3-6,8,11,14,20H,1-2,7,9-10H2,(H2,21,22,23,24,25);5-7,11H,1-4H2,(H2,12,13,14,15,16)/t14-;7-/m00/s1. The topological polar surface area (TPSA) is 177 Å². The molecular formula is C28H34FN13O. The minimum atomic E-state index is -0.298. The summed E-state index contributed by atoms with van der Waals surface area (Å²) in [5, 5.41) is 28.7. The number of halogens is 1. The van der Waals surface area contributed by atoms with Gasteiger partial charge in [-0.15, -0.1) is 0 Å². The summed E-state index contributed by atoms with van der Waals surface area (Å²) in [6.07, 6.45) is 10.7. The number of carbonyl (C=O) groups excluding carboxylic acids is 1. The van der Waals surface area contributed by atoms with Crippen molar-refractivity contribution in [1.29, 1.82) is 0 Å². The zero-order valence-corrected chi connectivity index (χ0v) is 23.6. The summed E-state index contributed by atoms with van der Waals surface area (Å²) in [6.45, 7) is 3.62. The van der Waals surface area contributed by atoms with Gasteiger partial charge in [0.15, 0.2) is 11.3 Å². The number of carbonyl (C=O) groups is 1. The zero-order valence-electron chi connectivity index (χ0n) is 23.6.